The Morgan fingerprint density at radius 2 is 2.00 bits per heavy atom. The van der Waals surface area contributed by atoms with Crippen molar-refractivity contribution in [3.8, 4) is 11.3 Å². The number of rotatable bonds is 3. The van der Waals surface area contributed by atoms with Crippen LogP contribution in [0.2, 0.25) is 0 Å². The van der Waals surface area contributed by atoms with Crippen molar-refractivity contribution in [1.82, 2.24) is 4.98 Å². The molecule has 1 aliphatic rings. The van der Waals surface area contributed by atoms with Crippen LogP contribution in [-0.2, 0) is 0 Å². The molecule has 2 N–H and O–H groups in total. The lowest BCUT2D eigenvalue weighted by atomic mass is 10.2. The summed E-state index contributed by atoms with van der Waals surface area (Å²) in [7, 11) is 0. The predicted molar refractivity (Wildman–Crippen MR) is 67.2 cm³/mol. The van der Waals surface area contributed by atoms with Crippen molar-refractivity contribution in [3.05, 3.63) is 40.7 Å². The molecular weight excluding hydrogens is 216 g/mol. The minimum Gasteiger partial charge on any atom is -0.322 e. The summed E-state index contributed by atoms with van der Waals surface area (Å²) >= 11 is 1.68. The topological polar surface area (TPSA) is 38.9 Å². The van der Waals surface area contributed by atoms with Gasteiger partial charge in [-0.1, -0.05) is 30.3 Å². The van der Waals surface area contributed by atoms with Crippen LogP contribution in [0.4, 0.5) is 0 Å². The maximum Gasteiger partial charge on any atom is 0.110 e. The Labute approximate surface area is 99.1 Å². The number of aromatic nitrogens is 1. The van der Waals surface area contributed by atoms with Crippen LogP contribution in [0, 0.1) is 5.92 Å². The highest BCUT2D eigenvalue weighted by molar-refractivity contribution is 7.10. The molecule has 3 heteroatoms. The van der Waals surface area contributed by atoms with Gasteiger partial charge in [-0.25, -0.2) is 4.98 Å². The molecule has 1 aromatic heterocycles. The highest BCUT2D eigenvalue weighted by atomic mass is 32.1. The Kier molecular flexibility index (Phi) is 2.50. The molecule has 1 atom stereocenters. The fourth-order valence-electron chi connectivity index (χ4n) is 1.84. The third-order valence-electron chi connectivity index (χ3n) is 3.01. The second-order valence-electron chi connectivity index (χ2n) is 4.30. The van der Waals surface area contributed by atoms with Gasteiger partial charge in [-0.2, -0.15) is 0 Å². The summed E-state index contributed by atoms with van der Waals surface area (Å²) in [4.78, 5) is 4.64. The molecule has 3 rings (SSSR count). The van der Waals surface area contributed by atoms with E-state index in [1.165, 1.54) is 18.4 Å². The summed E-state index contributed by atoms with van der Waals surface area (Å²) in [6.45, 7) is 0. The zero-order valence-electron chi connectivity index (χ0n) is 8.97. The van der Waals surface area contributed by atoms with Crippen LogP contribution in [0.1, 0.15) is 23.9 Å². The first-order chi connectivity index (χ1) is 7.84. The van der Waals surface area contributed by atoms with Gasteiger partial charge in [0, 0.05) is 10.9 Å². The largest absolute Gasteiger partial charge is 0.322 e. The number of hydrogen-bond donors (Lipinski definition) is 1. The molecule has 82 valence electrons. The van der Waals surface area contributed by atoms with Crippen molar-refractivity contribution >= 4 is 11.3 Å². The summed E-state index contributed by atoms with van der Waals surface area (Å²) in [5.74, 6) is 0.676. The molecule has 1 heterocycles. The van der Waals surface area contributed by atoms with Gasteiger partial charge in [0.2, 0.25) is 0 Å². The molecule has 0 spiro atoms. The molecule has 2 aromatic rings. The lowest BCUT2D eigenvalue weighted by Crippen LogP contribution is -2.11. The van der Waals surface area contributed by atoms with E-state index in [9.17, 15) is 0 Å². The highest BCUT2D eigenvalue weighted by Crippen LogP contribution is 2.40. The summed E-state index contributed by atoms with van der Waals surface area (Å²) in [5, 5.41) is 3.19. The van der Waals surface area contributed by atoms with E-state index in [4.69, 9.17) is 5.73 Å². The molecule has 0 saturated heterocycles. The molecule has 0 bridgehead atoms. The van der Waals surface area contributed by atoms with Gasteiger partial charge in [-0.05, 0) is 18.8 Å². The summed E-state index contributed by atoms with van der Waals surface area (Å²) in [6, 6.07) is 10.4. The van der Waals surface area contributed by atoms with Crippen molar-refractivity contribution in [2.75, 3.05) is 0 Å². The second-order valence-corrected chi connectivity index (χ2v) is 5.19. The monoisotopic (exact) mass is 230 g/mol. The molecule has 1 aliphatic carbocycles. The number of nitrogens with two attached hydrogens (primary N) is 1. The molecule has 1 fully saturated rings. The SMILES string of the molecule is NC(c1nc(-c2ccccc2)cs1)C1CC1. The van der Waals surface area contributed by atoms with Crippen LogP contribution in [0.3, 0.4) is 0 Å². The van der Waals surface area contributed by atoms with Gasteiger partial charge in [0.15, 0.2) is 0 Å². The highest BCUT2D eigenvalue weighted by Gasteiger charge is 2.31. The molecule has 1 aromatic carbocycles. The quantitative estimate of drug-likeness (QED) is 0.879. The Hall–Kier alpha value is -1.19. The smallest absolute Gasteiger partial charge is 0.110 e. The fraction of sp³-hybridized carbons (Fsp3) is 0.308. The van der Waals surface area contributed by atoms with Crippen molar-refractivity contribution in [2.24, 2.45) is 11.7 Å². The first-order valence-electron chi connectivity index (χ1n) is 5.61. The number of nitrogens with zero attached hydrogens (tertiary/aromatic N) is 1. The van der Waals surface area contributed by atoms with Crippen molar-refractivity contribution < 1.29 is 0 Å². The van der Waals surface area contributed by atoms with Gasteiger partial charge >= 0.3 is 0 Å². The van der Waals surface area contributed by atoms with Crippen LogP contribution in [0.25, 0.3) is 11.3 Å². The van der Waals surface area contributed by atoms with Crippen LogP contribution >= 0.6 is 11.3 Å². The summed E-state index contributed by atoms with van der Waals surface area (Å²) < 4.78 is 0. The zero-order chi connectivity index (χ0) is 11.0. The van der Waals surface area contributed by atoms with E-state index >= 15 is 0 Å². The summed E-state index contributed by atoms with van der Waals surface area (Å²) in [5.41, 5.74) is 8.37. The Balaban J connectivity index is 1.87. The fourth-order valence-corrected chi connectivity index (χ4v) is 2.76. The number of thiazole rings is 1. The third kappa shape index (κ3) is 1.88. The van der Waals surface area contributed by atoms with Gasteiger partial charge < -0.3 is 5.73 Å². The maximum atomic E-state index is 6.14. The van der Waals surface area contributed by atoms with E-state index < -0.39 is 0 Å². The molecule has 0 aliphatic heterocycles. The average molecular weight is 230 g/mol. The standard InChI is InChI=1S/C13H14N2S/c14-12(10-6-7-10)13-15-11(8-16-13)9-4-2-1-3-5-9/h1-5,8,10,12H,6-7,14H2. The van der Waals surface area contributed by atoms with E-state index in [1.807, 2.05) is 18.2 Å². The molecule has 1 saturated carbocycles. The van der Waals surface area contributed by atoms with E-state index in [-0.39, 0.29) is 6.04 Å². The second kappa shape index (κ2) is 4.00. The van der Waals surface area contributed by atoms with Crippen LogP contribution < -0.4 is 5.73 Å². The van der Waals surface area contributed by atoms with Gasteiger partial charge in [0.05, 0.1) is 11.7 Å². The van der Waals surface area contributed by atoms with Crippen molar-refractivity contribution in [3.63, 3.8) is 0 Å². The minimum atomic E-state index is 0.155. The lowest BCUT2D eigenvalue weighted by Gasteiger charge is -2.04. The van der Waals surface area contributed by atoms with Crippen LogP contribution in [0.5, 0.6) is 0 Å². The average Bonchev–Trinajstić information content (AvgIpc) is 3.07. The Morgan fingerprint density at radius 3 is 2.69 bits per heavy atom. The van der Waals surface area contributed by atoms with Crippen molar-refractivity contribution in [1.29, 1.82) is 0 Å². The van der Waals surface area contributed by atoms with E-state index in [0.29, 0.717) is 5.92 Å². The first-order valence-corrected chi connectivity index (χ1v) is 6.49. The number of benzene rings is 1. The van der Waals surface area contributed by atoms with Gasteiger partial charge in [0.1, 0.15) is 5.01 Å². The maximum absolute atomic E-state index is 6.14. The number of hydrogen-bond acceptors (Lipinski definition) is 3. The van der Waals surface area contributed by atoms with Crippen molar-refractivity contribution in [2.45, 2.75) is 18.9 Å². The van der Waals surface area contributed by atoms with Crippen LogP contribution in [-0.4, -0.2) is 4.98 Å². The van der Waals surface area contributed by atoms with Gasteiger partial charge in [0.25, 0.3) is 0 Å². The predicted octanol–water partition coefficient (Wildman–Crippen LogP) is 3.22. The molecule has 2 nitrogen and oxygen atoms in total. The first kappa shape index (κ1) is 10.00. The Bertz CT molecular complexity index is 474. The normalized spacial score (nSPS) is 17.3. The zero-order valence-corrected chi connectivity index (χ0v) is 9.78. The molecular formula is C13H14N2S. The summed E-state index contributed by atoms with van der Waals surface area (Å²) in [6.07, 6.45) is 2.53. The third-order valence-corrected chi connectivity index (χ3v) is 3.95. The van der Waals surface area contributed by atoms with Crippen LogP contribution in [0.15, 0.2) is 35.7 Å². The molecule has 16 heavy (non-hydrogen) atoms. The molecule has 1 unspecified atom stereocenters. The van der Waals surface area contributed by atoms with E-state index in [1.54, 1.807) is 11.3 Å². The minimum absolute atomic E-state index is 0.155. The van der Waals surface area contributed by atoms with Gasteiger partial charge in [-0.15, -0.1) is 11.3 Å². The van der Waals surface area contributed by atoms with E-state index in [0.717, 1.165) is 10.7 Å². The molecule has 0 radical (unpaired) electrons. The molecule has 0 amide bonds. The van der Waals surface area contributed by atoms with E-state index in [2.05, 4.69) is 22.5 Å². The Morgan fingerprint density at radius 1 is 1.25 bits per heavy atom. The van der Waals surface area contributed by atoms with Gasteiger partial charge in [-0.3, -0.25) is 0 Å². The lowest BCUT2D eigenvalue weighted by molar-refractivity contribution is 0.629.